The molecule has 3 rings (SSSR count). The molecular weight excluding hydrogens is 218 g/mol. The van der Waals surface area contributed by atoms with Crippen molar-refractivity contribution in [2.45, 2.75) is 40.0 Å². The average Bonchev–Trinajstić information content (AvgIpc) is 2.34. The molecule has 0 saturated heterocycles. The first-order valence-electron chi connectivity index (χ1n) is 6.91. The SMILES string of the molecule is CC(C)(C)C1CCc2nc3ccccc3cc2C1. The van der Waals surface area contributed by atoms with Gasteiger partial charge in [0, 0.05) is 11.1 Å². The van der Waals surface area contributed by atoms with Gasteiger partial charge in [0.05, 0.1) is 5.52 Å². The molecule has 0 saturated carbocycles. The van der Waals surface area contributed by atoms with Crippen molar-refractivity contribution in [2.75, 3.05) is 0 Å². The van der Waals surface area contributed by atoms with E-state index in [0.29, 0.717) is 5.41 Å². The Morgan fingerprint density at radius 2 is 1.94 bits per heavy atom. The predicted molar refractivity (Wildman–Crippen MR) is 76.7 cm³/mol. The van der Waals surface area contributed by atoms with E-state index in [2.05, 4.69) is 51.1 Å². The van der Waals surface area contributed by atoms with Crippen molar-refractivity contribution in [3.05, 3.63) is 41.6 Å². The zero-order valence-electron chi connectivity index (χ0n) is 11.5. The first-order valence-corrected chi connectivity index (χ1v) is 6.91. The zero-order valence-corrected chi connectivity index (χ0v) is 11.5. The van der Waals surface area contributed by atoms with E-state index in [-0.39, 0.29) is 0 Å². The number of benzene rings is 1. The second-order valence-corrected chi connectivity index (χ2v) is 6.59. The van der Waals surface area contributed by atoms with Crippen LogP contribution < -0.4 is 0 Å². The Morgan fingerprint density at radius 1 is 1.17 bits per heavy atom. The Kier molecular flexibility index (Phi) is 2.65. The lowest BCUT2D eigenvalue weighted by atomic mass is 9.71. The van der Waals surface area contributed by atoms with Crippen LogP contribution in [0.2, 0.25) is 0 Å². The van der Waals surface area contributed by atoms with Crippen molar-refractivity contribution in [3.63, 3.8) is 0 Å². The quantitative estimate of drug-likeness (QED) is 0.664. The van der Waals surface area contributed by atoms with Gasteiger partial charge in [-0.1, -0.05) is 39.0 Å². The van der Waals surface area contributed by atoms with Crippen molar-refractivity contribution in [1.82, 2.24) is 4.98 Å². The van der Waals surface area contributed by atoms with Crippen LogP contribution in [0.4, 0.5) is 0 Å². The number of aryl methyl sites for hydroxylation is 1. The number of aromatic nitrogens is 1. The van der Waals surface area contributed by atoms with Crippen LogP contribution in [0.3, 0.4) is 0 Å². The van der Waals surface area contributed by atoms with Gasteiger partial charge < -0.3 is 0 Å². The average molecular weight is 239 g/mol. The first kappa shape index (κ1) is 11.7. The molecule has 0 fully saturated rings. The minimum Gasteiger partial charge on any atom is -0.253 e. The number of nitrogens with zero attached hydrogens (tertiary/aromatic N) is 1. The van der Waals surface area contributed by atoms with Crippen molar-refractivity contribution < 1.29 is 0 Å². The van der Waals surface area contributed by atoms with Gasteiger partial charge in [0.2, 0.25) is 0 Å². The summed E-state index contributed by atoms with van der Waals surface area (Å²) in [6.07, 6.45) is 3.61. The van der Waals surface area contributed by atoms with E-state index in [0.717, 1.165) is 17.9 Å². The lowest BCUT2D eigenvalue weighted by Crippen LogP contribution is -2.27. The summed E-state index contributed by atoms with van der Waals surface area (Å²) in [6.45, 7) is 7.07. The first-order chi connectivity index (χ1) is 8.54. The summed E-state index contributed by atoms with van der Waals surface area (Å²) in [7, 11) is 0. The molecule has 0 N–H and O–H groups in total. The van der Waals surface area contributed by atoms with Crippen LogP contribution >= 0.6 is 0 Å². The highest BCUT2D eigenvalue weighted by atomic mass is 14.7. The second-order valence-electron chi connectivity index (χ2n) is 6.59. The van der Waals surface area contributed by atoms with Gasteiger partial charge in [-0.3, -0.25) is 4.98 Å². The van der Waals surface area contributed by atoms with Crippen LogP contribution in [0.5, 0.6) is 0 Å². The molecule has 0 spiro atoms. The molecule has 1 aliphatic carbocycles. The highest BCUT2D eigenvalue weighted by Gasteiger charge is 2.29. The van der Waals surface area contributed by atoms with Gasteiger partial charge in [-0.25, -0.2) is 0 Å². The lowest BCUT2D eigenvalue weighted by molar-refractivity contribution is 0.215. The normalized spacial score (nSPS) is 19.8. The molecule has 18 heavy (non-hydrogen) atoms. The minimum absolute atomic E-state index is 0.406. The van der Waals surface area contributed by atoms with Crippen molar-refractivity contribution in [3.8, 4) is 0 Å². The van der Waals surface area contributed by atoms with E-state index in [1.807, 2.05) is 0 Å². The summed E-state index contributed by atoms with van der Waals surface area (Å²) in [5.41, 5.74) is 4.35. The maximum Gasteiger partial charge on any atom is 0.0705 e. The van der Waals surface area contributed by atoms with Gasteiger partial charge in [0.15, 0.2) is 0 Å². The van der Waals surface area contributed by atoms with Crippen LogP contribution in [0.1, 0.15) is 38.4 Å². The number of hydrogen-bond acceptors (Lipinski definition) is 1. The van der Waals surface area contributed by atoms with Gasteiger partial charge >= 0.3 is 0 Å². The molecule has 1 aliphatic rings. The van der Waals surface area contributed by atoms with Crippen LogP contribution in [0, 0.1) is 11.3 Å². The third kappa shape index (κ3) is 2.03. The largest absolute Gasteiger partial charge is 0.253 e. The summed E-state index contributed by atoms with van der Waals surface area (Å²) in [5.74, 6) is 0.785. The number of hydrogen-bond donors (Lipinski definition) is 0. The summed E-state index contributed by atoms with van der Waals surface area (Å²) >= 11 is 0. The third-order valence-electron chi connectivity index (χ3n) is 4.31. The fraction of sp³-hybridized carbons (Fsp3) is 0.471. The fourth-order valence-electron chi connectivity index (χ4n) is 3.01. The number of fused-ring (bicyclic) bond motifs is 2. The summed E-state index contributed by atoms with van der Waals surface area (Å²) in [4.78, 5) is 4.83. The van der Waals surface area contributed by atoms with Crippen LogP contribution in [0.15, 0.2) is 30.3 Å². The van der Waals surface area contributed by atoms with Crippen molar-refractivity contribution >= 4 is 10.9 Å². The Hall–Kier alpha value is -1.37. The van der Waals surface area contributed by atoms with Crippen LogP contribution in [0.25, 0.3) is 10.9 Å². The topological polar surface area (TPSA) is 12.9 Å². The highest BCUT2D eigenvalue weighted by Crippen LogP contribution is 2.37. The zero-order chi connectivity index (χ0) is 12.8. The fourth-order valence-corrected chi connectivity index (χ4v) is 3.01. The molecular formula is C17H21N. The molecule has 1 aromatic carbocycles. The minimum atomic E-state index is 0.406. The Morgan fingerprint density at radius 3 is 2.72 bits per heavy atom. The summed E-state index contributed by atoms with van der Waals surface area (Å²) in [5, 5.41) is 1.28. The van der Waals surface area contributed by atoms with E-state index in [1.165, 1.54) is 29.5 Å². The molecule has 0 amide bonds. The number of rotatable bonds is 0. The molecule has 1 heterocycles. The monoisotopic (exact) mass is 239 g/mol. The second kappa shape index (κ2) is 4.08. The van der Waals surface area contributed by atoms with E-state index in [1.54, 1.807) is 0 Å². The molecule has 1 heteroatoms. The summed E-state index contributed by atoms with van der Waals surface area (Å²) in [6, 6.07) is 10.8. The van der Waals surface area contributed by atoms with Crippen molar-refractivity contribution in [1.29, 1.82) is 0 Å². The predicted octanol–water partition coefficient (Wildman–Crippen LogP) is 4.39. The van der Waals surface area contributed by atoms with Gasteiger partial charge in [-0.15, -0.1) is 0 Å². The van der Waals surface area contributed by atoms with E-state index in [9.17, 15) is 0 Å². The van der Waals surface area contributed by atoms with Crippen LogP contribution in [-0.2, 0) is 12.8 Å². The molecule has 0 aliphatic heterocycles. The molecule has 94 valence electrons. The number of para-hydroxylation sites is 1. The maximum absolute atomic E-state index is 4.83. The van der Waals surface area contributed by atoms with Gasteiger partial charge in [0.25, 0.3) is 0 Å². The van der Waals surface area contributed by atoms with Gasteiger partial charge in [0.1, 0.15) is 0 Å². The molecule has 0 radical (unpaired) electrons. The molecule has 1 nitrogen and oxygen atoms in total. The van der Waals surface area contributed by atoms with E-state index < -0.39 is 0 Å². The summed E-state index contributed by atoms with van der Waals surface area (Å²) < 4.78 is 0. The molecule has 1 aromatic heterocycles. The molecule has 0 bridgehead atoms. The molecule has 2 aromatic rings. The van der Waals surface area contributed by atoms with E-state index >= 15 is 0 Å². The van der Waals surface area contributed by atoms with Crippen LogP contribution in [-0.4, -0.2) is 4.98 Å². The smallest absolute Gasteiger partial charge is 0.0705 e. The Balaban J connectivity index is 2.03. The van der Waals surface area contributed by atoms with Gasteiger partial charge in [-0.2, -0.15) is 0 Å². The standard InChI is InChI=1S/C17H21N/c1-17(2,3)14-8-9-16-13(11-14)10-12-6-4-5-7-15(12)18-16/h4-7,10,14H,8-9,11H2,1-3H3. The van der Waals surface area contributed by atoms with Gasteiger partial charge in [-0.05, 0) is 48.3 Å². The highest BCUT2D eigenvalue weighted by molar-refractivity contribution is 5.79. The van der Waals surface area contributed by atoms with E-state index in [4.69, 9.17) is 4.98 Å². The number of pyridine rings is 1. The Bertz CT molecular complexity index is 578. The maximum atomic E-state index is 4.83. The molecule has 1 unspecified atom stereocenters. The Labute approximate surface area is 109 Å². The lowest BCUT2D eigenvalue weighted by Gasteiger charge is -2.34. The third-order valence-corrected chi connectivity index (χ3v) is 4.31. The molecule has 1 atom stereocenters. The van der Waals surface area contributed by atoms with Crippen molar-refractivity contribution in [2.24, 2.45) is 11.3 Å².